The van der Waals surface area contributed by atoms with E-state index in [4.69, 9.17) is 23.2 Å². The van der Waals surface area contributed by atoms with E-state index in [1.165, 1.54) is 19.3 Å². The summed E-state index contributed by atoms with van der Waals surface area (Å²) in [6.45, 7) is 2.15. The summed E-state index contributed by atoms with van der Waals surface area (Å²) in [7, 11) is 0. The quantitative estimate of drug-likeness (QED) is 0.892. The van der Waals surface area contributed by atoms with Crippen molar-refractivity contribution in [1.29, 1.82) is 0 Å². The standard InChI is InChI=1S/C14H15Cl2N3/c15-11-6-4-5-10(14(11)16)12-9-13(18-17-12)19-7-2-1-3-8-19/h4-6,9H,1-3,7-8H2,(H,17,18). The van der Waals surface area contributed by atoms with Gasteiger partial charge in [0.15, 0.2) is 5.82 Å². The first-order valence-electron chi connectivity index (χ1n) is 6.50. The lowest BCUT2D eigenvalue weighted by atomic mass is 10.1. The summed E-state index contributed by atoms with van der Waals surface area (Å²) in [6, 6.07) is 7.67. The maximum Gasteiger partial charge on any atom is 0.150 e. The van der Waals surface area contributed by atoms with Gasteiger partial charge in [0.2, 0.25) is 0 Å². The zero-order valence-corrected chi connectivity index (χ0v) is 12.0. The van der Waals surface area contributed by atoms with Crippen molar-refractivity contribution in [3.8, 4) is 11.3 Å². The normalized spacial score (nSPS) is 15.8. The molecule has 1 fully saturated rings. The molecule has 0 bridgehead atoms. The summed E-state index contributed by atoms with van der Waals surface area (Å²) in [5.74, 6) is 0.991. The van der Waals surface area contributed by atoms with Gasteiger partial charge >= 0.3 is 0 Å². The number of rotatable bonds is 2. The van der Waals surface area contributed by atoms with Crippen molar-refractivity contribution in [2.75, 3.05) is 18.0 Å². The number of nitrogens with one attached hydrogen (secondary N) is 1. The van der Waals surface area contributed by atoms with E-state index >= 15 is 0 Å². The van der Waals surface area contributed by atoms with E-state index in [0.717, 1.165) is 30.2 Å². The fourth-order valence-corrected chi connectivity index (χ4v) is 2.85. The van der Waals surface area contributed by atoms with Gasteiger partial charge in [-0.2, -0.15) is 5.10 Å². The van der Waals surface area contributed by atoms with E-state index in [1.807, 2.05) is 18.2 Å². The molecule has 19 heavy (non-hydrogen) atoms. The first kappa shape index (κ1) is 12.8. The third-order valence-corrected chi connectivity index (χ3v) is 4.31. The molecule has 0 atom stereocenters. The Bertz CT molecular complexity index is 574. The number of benzene rings is 1. The molecule has 0 amide bonds. The maximum atomic E-state index is 6.23. The Kier molecular flexibility index (Phi) is 3.67. The monoisotopic (exact) mass is 295 g/mol. The van der Waals surface area contributed by atoms with Gasteiger partial charge in [0, 0.05) is 24.7 Å². The van der Waals surface area contributed by atoms with Crippen LogP contribution in [0.3, 0.4) is 0 Å². The zero-order valence-electron chi connectivity index (χ0n) is 10.5. The average Bonchev–Trinajstić information content (AvgIpc) is 2.92. The van der Waals surface area contributed by atoms with Gasteiger partial charge in [-0.3, -0.25) is 5.10 Å². The predicted octanol–water partition coefficient (Wildman–Crippen LogP) is 4.37. The fraction of sp³-hybridized carbons (Fsp3) is 0.357. The lowest BCUT2D eigenvalue weighted by molar-refractivity contribution is 0.573. The van der Waals surface area contributed by atoms with Gasteiger partial charge in [-0.25, -0.2) is 0 Å². The third-order valence-electron chi connectivity index (χ3n) is 3.49. The van der Waals surface area contributed by atoms with Crippen LogP contribution in [0.25, 0.3) is 11.3 Å². The van der Waals surface area contributed by atoms with Crippen LogP contribution in [0, 0.1) is 0 Å². The smallest absolute Gasteiger partial charge is 0.150 e. The molecule has 1 N–H and O–H groups in total. The lowest BCUT2D eigenvalue weighted by Crippen LogP contribution is -2.29. The summed E-state index contributed by atoms with van der Waals surface area (Å²) in [5, 5.41) is 8.57. The Balaban J connectivity index is 1.90. The van der Waals surface area contributed by atoms with Crippen molar-refractivity contribution in [2.24, 2.45) is 0 Å². The van der Waals surface area contributed by atoms with Crippen molar-refractivity contribution in [1.82, 2.24) is 10.2 Å². The lowest BCUT2D eigenvalue weighted by Gasteiger charge is -2.26. The number of aromatic amines is 1. The minimum Gasteiger partial charge on any atom is -0.355 e. The Hall–Kier alpha value is -1.19. The first-order valence-corrected chi connectivity index (χ1v) is 7.26. The molecular formula is C14H15Cl2N3. The van der Waals surface area contributed by atoms with E-state index in [9.17, 15) is 0 Å². The summed E-state index contributed by atoms with van der Waals surface area (Å²) in [4.78, 5) is 2.31. The van der Waals surface area contributed by atoms with Gasteiger partial charge in [-0.05, 0) is 25.3 Å². The van der Waals surface area contributed by atoms with Gasteiger partial charge in [0.05, 0.1) is 15.7 Å². The first-order chi connectivity index (χ1) is 9.25. The third kappa shape index (κ3) is 2.58. The Morgan fingerprint density at radius 3 is 2.68 bits per heavy atom. The molecule has 5 heteroatoms. The second-order valence-corrected chi connectivity index (χ2v) is 5.57. The molecule has 0 spiro atoms. The molecule has 3 rings (SSSR count). The summed E-state index contributed by atoms with van der Waals surface area (Å²) < 4.78 is 0. The van der Waals surface area contributed by atoms with Crippen molar-refractivity contribution in [3.63, 3.8) is 0 Å². The predicted molar refractivity (Wildman–Crippen MR) is 80.1 cm³/mol. The second kappa shape index (κ2) is 5.43. The minimum absolute atomic E-state index is 0.563. The van der Waals surface area contributed by atoms with Crippen LogP contribution in [0.4, 0.5) is 5.82 Å². The molecule has 2 heterocycles. The van der Waals surface area contributed by atoms with E-state index in [2.05, 4.69) is 15.1 Å². The molecular weight excluding hydrogens is 281 g/mol. The topological polar surface area (TPSA) is 31.9 Å². The maximum absolute atomic E-state index is 6.23. The zero-order chi connectivity index (χ0) is 13.2. The Morgan fingerprint density at radius 1 is 1.11 bits per heavy atom. The minimum atomic E-state index is 0.563. The molecule has 1 aromatic heterocycles. The van der Waals surface area contributed by atoms with Crippen molar-refractivity contribution < 1.29 is 0 Å². The van der Waals surface area contributed by atoms with Gasteiger partial charge < -0.3 is 4.90 Å². The number of aromatic nitrogens is 2. The van der Waals surface area contributed by atoms with Crippen molar-refractivity contribution >= 4 is 29.0 Å². The molecule has 1 saturated heterocycles. The number of piperidine rings is 1. The van der Waals surface area contributed by atoms with Crippen LogP contribution < -0.4 is 4.90 Å². The number of hydrogen-bond donors (Lipinski definition) is 1. The highest BCUT2D eigenvalue weighted by Crippen LogP contribution is 2.33. The van der Waals surface area contributed by atoms with Gasteiger partial charge in [-0.15, -0.1) is 0 Å². The van der Waals surface area contributed by atoms with Crippen LogP contribution in [-0.4, -0.2) is 23.3 Å². The highest BCUT2D eigenvalue weighted by molar-refractivity contribution is 6.43. The SMILES string of the molecule is Clc1cccc(-c2cc(N3CCCCC3)n[nH]2)c1Cl. The van der Waals surface area contributed by atoms with Crippen LogP contribution in [-0.2, 0) is 0 Å². The van der Waals surface area contributed by atoms with E-state index in [1.54, 1.807) is 6.07 Å². The van der Waals surface area contributed by atoms with Crippen LogP contribution in [0.1, 0.15) is 19.3 Å². The molecule has 1 aromatic carbocycles. The summed E-state index contributed by atoms with van der Waals surface area (Å²) >= 11 is 12.3. The van der Waals surface area contributed by atoms with Crippen LogP contribution >= 0.6 is 23.2 Å². The molecule has 1 aliphatic rings. The van der Waals surface area contributed by atoms with Crippen LogP contribution in [0.2, 0.25) is 10.0 Å². The van der Waals surface area contributed by atoms with Crippen LogP contribution in [0.15, 0.2) is 24.3 Å². The molecule has 1 aliphatic heterocycles. The largest absolute Gasteiger partial charge is 0.355 e. The number of nitrogens with zero attached hydrogens (tertiary/aromatic N) is 2. The second-order valence-electron chi connectivity index (χ2n) is 4.79. The van der Waals surface area contributed by atoms with Crippen LogP contribution in [0.5, 0.6) is 0 Å². The van der Waals surface area contributed by atoms with E-state index in [0.29, 0.717) is 10.0 Å². The molecule has 0 saturated carbocycles. The van der Waals surface area contributed by atoms with Gasteiger partial charge in [0.25, 0.3) is 0 Å². The number of halogens is 2. The molecule has 0 radical (unpaired) electrons. The highest BCUT2D eigenvalue weighted by Gasteiger charge is 2.15. The van der Waals surface area contributed by atoms with E-state index in [-0.39, 0.29) is 0 Å². The van der Waals surface area contributed by atoms with Gasteiger partial charge in [0.1, 0.15) is 0 Å². The Morgan fingerprint density at radius 2 is 1.89 bits per heavy atom. The van der Waals surface area contributed by atoms with Gasteiger partial charge in [-0.1, -0.05) is 35.3 Å². The molecule has 0 unspecified atom stereocenters. The Labute approximate surface area is 122 Å². The van der Waals surface area contributed by atoms with Crippen molar-refractivity contribution in [2.45, 2.75) is 19.3 Å². The van der Waals surface area contributed by atoms with Crippen molar-refractivity contribution in [3.05, 3.63) is 34.3 Å². The summed E-state index contributed by atoms with van der Waals surface area (Å²) in [5.41, 5.74) is 1.80. The van der Waals surface area contributed by atoms with E-state index < -0.39 is 0 Å². The molecule has 100 valence electrons. The number of H-pyrrole nitrogens is 1. The number of hydrogen-bond acceptors (Lipinski definition) is 2. The molecule has 0 aliphatic carbocycles. The average molecular weight is 296 g/mol. The molecule has 3 nitrogen and oxygen atoms in total. The highest BCUT2D eigenvalue weighted by atomic mass is 35.5. The fourth-order valence-electron chi connectivity index (χ4n) is 2.45. The summed E-state index contributed by atoms with van der Waals surface area (Å²) in [6.07, 6.45) is 3.79. The molecule has 2 aromatic rings. The number of anilines is 1.